The van der Waals surface area contributed by atoms with Gasteiger partial charge in [-0.05, 0) is 136 Å². The third kappa shape index (κ3) is 3.98. The quantitative estimate of drug-likeness (QED) is 0.574. The molecule has 0 aromatic carbocycles. The van der Waals surface area contributed by atoms with E-state index in [-0.39, 0.29) is 29.0 Å². The Morgan fingerprint density at radius 2 is 1.64 bits per heavy atom. The zero-order valence-electron chi connectivity index (χ0n) is 20.9. The highest BCUT2D eigenvalue weighted by atomic mass is 16.3. The van der Waals surface area contributed by atoms with Crippen molar-refractivity contribution in [1.82, 2.24) is 4.98 Å². The lowest BCUT2D eigenvalue weighted by Gasteiger charge is -2.62. The topological polar surface area (TPSA) is 73.6 Å². The molecule has 5 rings (SSSR count). The third-order valence-corrected chi connectivity index (χ3v) is 11.3. The molecule has 4 aliphatic carbocycles. The number of aliphatic hydroxyl groups excluding tert-OH is 2. The smallest absolute Gasteiger partial charge is 0.0653 e. The van der Waals surface area contributed by atoms with Crippen LogP contribution in [-0.4, -0.2) is 38.1 Å². The second-order valence-corrected chi connectivity index (χ2v) is 13.0. The summed E-state index contributed by atoms with van der Waals surface area (Å²) in [6, 6.07) is 4.16. The van der Waals surface area contributed by atoms with Crippen molar-refractivity contribution in [3.63, 3.8) is 0 Å². The third-order valence-electron chi connectivity index (χ3n) is 11.3. The van der Waals surface area contributed by atoms with Gasteiger partial charge in [0.05, 0.1) is 17.8 Å². The highest BCUT2D eigenvalue weighted by Crippen LogP contribution is 2.68. The van der Waals surface area contributed by atoms with Gasteiger partial charge in [0, 0.05) is 12.4 Å². The van der Waals surface area contributed by atoms with Crippen LogP contribution in [0.3, 0.4) is 0 Å². The van der Waals surface area contributed by atoms with E-state index in [2.05, 4.69) is 37.9 Å². The SMILES string of the molecule is C[C@]12CC[C@H](O)C[C@@H]1[C@@H](O)C[C@@H]1[C@@H]2CC[C@@]2(C)[C@H]1CC[C@@H]2[C@@](C)(O)CCCc1ccncc1. The van der Waals surface area contributed by atoms with Crippen LogP contribution in [0.2, 0.25) is 0 Å². The highest BCUT2D eigenvalue weighted by Gasteiger charge is 2.63. The first-order chi connectivity index (χ1) is 15.6. The summed E-state index contributed by atoms with van der Waals surface area (Å²) in [7, 11) is 0. The average Bonchev–Trinajstić information content (AvgIpc) is 3.14. The van der Waals surface area contributed by atoms with Gasteiger partial charge in [0.2, 0.25) is 0 Å². The first-order valence-electron chi connectivity index (χ1n) is 13.6. The van der Waals surface area contributed by atoms with Gasteiger partial charge < -0.3 is 15.3 Å². The predicted octanol–water partition coefficient (Wildman–Crippen LogP) is 5.15. The maximum atomic E-state index is 11.7. The fraction of sp³-hybridized carbons (Fsp3) is 0.828. The monoisotopic (exact) mass is 455 g/mol. The van der Waals surface area contributed by atoms with E-state index in [0.29, 0.717) is 23.7 Å². The lowest BCUT2D eigenvalue weighted by Crippen LogP contribution is -2.59. The minimum Gasteiger partial charge on any atom is -0.393 e. The van der Waals surface area contributed by atoms with Crippen molar-refractivity contribution in [1.29, 1.82) is 0 Å². The summed E-state index contributed by atoms with van der Waals surface area (Å²) in [6.45, 7) is 6.99. The van der Waals surface area contributed by atoms with Gasteiger partial charge in [0.1, 0.15) is 0 Å². The maximum Gasteiger partial charge on any atom is 0.0653 e. The van der Waals surface area contributed by atoms with Crippen LogP contribution in [-0.2, 0) is 6.42 Å². The van der Waals surface area contributed by atoms with Crippen molar-refractivity contribution in [2.75, 3.05) is 0 Å². The highest BCUT2D eigenvalue weighted by molar-refractivity contribution is 5.14. The summed E-state index contributed by atoms with van der Waals surface area (Å²) in [6.07, 6.45) is 14.4. The first kappa shape index (κ1) is 23.8. The van der Waals surface area contributed by atoms with E-state index in [1.54, 1.807) is 0 Å². The number of aliphatic hydroxyl groups is 3. The number of aromatic nitrogens is 1. The molecule has 1 aromatic rings. The molecule has 1 heterocycles. The van der Waals surface area contributed by atoms with Crippen molar-refractivity contribution in [2.24, 2.45) is 40.4 Å². The number of hydrogen-bond donors (Lipinski definition) is 3. The molecule has 4 fully saturated rings. The molecule has 0 spiro atoms. The predicted molar refractivity (Wildman–Crippen MR) is 130 cm³/mol. The Morgan fingerprint density at radius 3 is 2.39 bits per heavy atom. The van der Waals surface area contributed by atoms with Crippen molar-refractivity contribution in [3.8, 4) is 0 Å². The fourth-order valence-electron chi connectivity index (χ4n) is 9.67. The zero-order chi connectivity index (χ0) is 23.4. The molecular formula is C29H45NO3. The van der Waals surface area contributed by atoms with Crippen LogP contribution < -0.4 is 0 Å². The van der Waals surface area contributed by atoms with Crippen LogP contribution in [0.15, 0.2) is 24.5 Å². The summed E-state index contributed by atoms with van der Waals surface area (Å²) in [5.41, 5.74) is 0.984. The van der Waals surface area contributed by atoms with Crippen LogP contribution in [0.4, 0.5) is 0 Å². The number of hydrogen-bond acceptors (Lipinski definition) is 4. The van der Waals surface area contributed by atoms with E-state index in [1.807, 2.05) is 12.4 Å². The second kappa shape index (κ2) is 8.60. The standard InChI is InChI=1S/C29H45NO3/c1-27-13-8-20(31)17-24(27)25(32)18-21-22-6-7-26(28(22,2)14-9-23(21)27)29(3,33)12-4-5-19-10-15-30-16-11-19/h10-11,15-16,20-26,31-33H,4-9,12-14,17-18H2,1-3H3/t20-,21-,22-,23-,24+,25-,26-,27+,28-,29-/m0/s1. The molecule has 0 aliphatic heterocycles. The minimum absolute atomic E-state index is 0.161. The molecule has 0 unspecified atom stereocenters. The van der Waals surface area contributed by atoms with E-state index < -0.39 is 5.60 Å². The Bertz CT molecular complexity index is 827. The average molecular weight is 456 g/mol. The number of fused-ring (bicyclic) bond motifs is 5. The molecule has 3 N–H and O–H groups in total. The minimum atomic E-state index is -0.641. The maximum absolute atomic E-state index is 11.7. The molecular weight excluding hydrogens is 410 g/mol. The van der Waals surface area contributed by atoms with Crippen LogP contribution in [0.25, 0.3) is 0 Å². The molecule has 0 saturated heterocycles. The first-order valence-corrected chi connectivity index (χ1v) is 13.6. The van der Waals surface area contributed by atoms with Crippen molar-refractivity contribution >= 4 is 0 Å². The van der Waals surface area contributed by atoms with Gasteiger partial charge in [-0.1, -0.05) is 13.8 Å². The normalized spacial score (nSPS) is 46.7. The molecule has 0 amide bonds. The van der Waals surface area contributed by atoms with Crippen molar-refractivity contribution < 1.29 is 15.3 Å². The molecule has 10 atom stereocenters. The number of aryl methyl sites for hydroxylation is 1. The van der Waals surface area contributed by atoms with E-state index >= 15 is 0 Å². The molecule has 1 aromatic heterocycles. The van der Waals surface area contributed by atoms with E-state index in [4.69, 9.17) is 0 Å². The number of pyridine rings is 1. The largest absolute Gasteiger partial charge is 0.393 e. The Morgan fingerprint density at radius 1 is 0.939 bits per heavy atom. The molecule has 4 saturated carbocycles. The summed E-state index contributed by atoms with van der Waals surface area (Å²) >= 11 is 0. The van der Waals surface area contributed by atoms with Crippen LogP contribution in [0, 0.1) is 40.4 Å². The van der Waals surface area contributed by atoms with E-state index in [0.717, 1.165) is 51.4 Å². The summed E-state index contributed by atoms with van der Waals surface area (Å²) < 4.78 is 0. The lowest BCUT2D eigenvalue weighted by atomic mass is 9.43. The van der Waals surface area contributed by atoms with Crippen LogP contribution >= 0.6 is 0 Å². The summed E-state index contributed by atoms with van der Waals surface area (Å²) in [5.74, 6) is 2.41. The van der Waals surface area contributed by atoms with Gasteiger partial charge in [0.15, 0.2) is 0 Å². The summed E-state index contributed by atoms with van der Waals surface area (Å²) in [4.78, 5) is 4.11. The van der Waals surface area contributed by atoms with Gasteiger partial charge >= 0.3 is 0 Å². The molecule has 33 heavy (non-hydrogen) atoms. The van der Waals surface area contributed by atoms with Crippen LogP contribution in [0.5, 0.6) is 0 Å². The van der Waals surface area contributed by atoms with E-state index in [9.17, 15) is 15.3 Å². The Kier molecular flexibility index (Phi) is 6.19. The van der Waals surface area contributed by atoms with Crippen molar-refractivity contribution in [3.05, 3.63) is 30.1 Å². The zero-order valence-corrected chi connectivity index (χ0v) is 20.9. The van der Waals surface area contributed by atoms with Gasteiger partial charge in [-0.25, -0.2) is 0 Å². The Balaban J connectivity index is 1.30. The summed E-state index contributed by atoms with van der Waals surface area (Å²) in [5, 5.41) is 33.2. The van der Waals surface area contributed by atoms with Gasteiger partial charge in [-0.15, -0.1) is 0 Å². The molecule has 184 valence electrons. The van der Waals surface area contributed by atoms with Gasteiger partial charge in [0.25, 0.3) is 0 Å². The molecule has 0 bridgehead atoms. The Labute approximate surface area is 200 Å². The molecule has 4 heteroatoms. The Hall–Kier alpha value is -0.970. The number of rotatable bonds is 5. The van der Waals surface area contributed by atoms with Gasteiger partial charge in [-0.3, -0.25) is 4.98 Å². The number of nitrogens with zero attached hydrogens (tertiary/aromatic N) is 1. The lowest BCUT2D eigenvalue weighted by molar-refractivity contribution is -0.179. The molecule has 0 radical (unpaired) electrons. The second-order valence-electron chi connectivity index (χ2n) is 13.0. The van der Waals surface area contributed by atoms with Crippen LogP contribution in [0.1, 0.15) is 90.5 Å². The van der Waals surface area contributed by atoms with E-state index in [1.165, 1.54) is 24.8 Å². The van der Waals surface area contributed by atoms with Crippen molar-refractivity contribution in [2.45, 2.75) is 109 Å². The fourth-order valence-corrected chi connectivity index (χ4v) is 9.67. The molecule has 4 nitrogen and oxygen atoms in total. The molecule has 4 aliphatic rings. The van der Waals surface area contributed by atoms with Gasteiger partial charge in [-0.2, -0.15) is 0 Å².